The number of rotatable bonds is 5. The lowest BCUT2D eigenvalue weighted by Crippen LogP contribution is -2.45. The van der Waals surface area contributed by atoms with Crippen LogP contribution in [-0.4, -0.2) is 36.3 Å². The quantitative estimate of drug-likeness (QED) is 0.831. The van der Waals surface area contributed by atoms with Crippen molar-refractivity contribution in [1.29, 1.82) is 0 Å². The topological polar surface area (TPSA) is 49.4 Å². The predicted octanol–water partition coefficient (Wildman–Crippen LogP) is 3.75. The number of hydrogen-bond acceptors (Lipinski definition) is 2. The second kappa shape index (κ2) is 8.87. The number of amides is 2. The van der Waals surface area contributed by atoms with Gasteiger partial charge in [-0.05, 0) is 31.1 Å². The van der Waals surface area contributed by atoms with Crippen LogP contribution < -0.4 is 5.32 Å². The Morgan fingerprint density at radius 3 is 2.33 bits per heavy atom. The van der Waals surface area contributed by atoms with Crippen molar-refractivity contribution in [2.45, 2.75) is 78.6 Å². The lowest BCUT2D eigenvalue weighted by atomic mass is 9.86. The molecule has 4 nitrogen and oxygen atoms in total. The molecule has 1 saturated carbocycles. The second-order valence-electron chi connectivity index (χ2n) is 8.85. The molecule has 2 amide bonds. The molecule has 138 valence electrons. The van der Waals surface area contributed by atoms with E-state index in [1.54, 1.807) is 0 Å². The Balaban J connectivity index is 1.71. The Kier molecular flexibility index (Phi) is 7.12. The summed E-state index contributed by atoms with van der Waals surface area (Å²) in [7, 11) is 0. The van der Waals surface area contributed by atoms with Crippen molar-refractivity contribution in [1.82, 2.24) is 10.2 Å². The van der Waals surface area contributed by atoms with Crippen LogP contribution in [0.5, 0.6) is 0 Å². The molecule has 0 aromatic heterocycles. The predicted molar refractivity (Wildman–Crippen MR) is 97.6 cm³/mol. The fraction of sp³-hybridized carbons (Fsp3) is 0.900. The van der Waals surface area contributed by atoms with Gasteiger partial charge in [0.15, 0.2) is 0 Å². The maximum Gasteiger partial charge on any atom is 0.225 e. The van der Waals surface area contributed by atoms with Gasteiger partial charge in [0.1, 0.15) is 0 Å². The molecule has 0 aromatic rings. The number of carbonyl (C=O) groups excluding carboxylic acids is 2. The summed E-state index contributed by atoms with van der Waals surface area (Å²) >= 11 is 0. The summed E-state index contributed by atoms with van der Waals surface area (Å²) in [4.78, 5) is 26.6. The summed E-state index contributed by atoms with van der Waals surface area (Å²) in [5, 5.41) is 3.06. The van der Waals surface area contributed by atoms with Crippen LogP contribution in [0, 0.1) is 17.3 Å². The maximum atomic E-state index is 12.5. The van der Waals surface area contributed by atoms with Gasteiger partial charge in [-0.3, -0.25) is 9.59 Å². The minimum absolute atomic E-state index is 0.100. The Morgan fingerprint density at radius 2 is 1.67 bits per heavy atom. The van der Waals surface area contributed by atoms with E-state index in [0.29, 0.717) is 24.8 Å². The van der Waals surface area contributed by atoms with E-state index in [4.69, 9.17) is 0 Å². The molecule has 0 radical (unpaired) electrons. The van der Waals surface area contributed by atoms with Crippen LogP contribution in [0.25, 0.3) is 0 Å². The number of piperidine rings is 1. The van der Waals surface area contributed by atoms with Crippen LogP contribution in [0.3, 0.4) is 0 Å². The van der Waals surface area contributed by atoms with Gasteiger partial charge >= 0.3 is 0 Å². The molecule has 0 unspecified atom stereocenters. The zero-order valence-corrected chi connectivity index (χ0v) is 15.9. The van der Waals surface area contributed by atoms with Gasteiger partial charge in [-0.15, -0.1) is 0 Å². The van der Waals surface area contributed by atoms with Gasteiger partial charge in [-0.2, -0.15) is 0 Å². The molecule has 2 fully saturated rings. The molecule has 1 aliphatic heterocycles. The first-order valence-electron chi connectivity index (χ1n) is 9.92. The summed E-state index contributed by atoms with van der Waals surface area (Å²) in [6.45, 7) is 8.21. The standard InChI is InChI=1S/C20H36N2O2/c1-20(2,3)19(24)21-14-17-10-7-13-22(15-17)18(23)12-11-16-8-5-4-6-9-16/h16-17H,4-15H2,1-3H3,(H,21,24)/t17-/m1/s1. The zero-order chi connectivity index (χ0) is 17.6. The summed E-state index contributed by atoms with van der Waals surface area (Å²) in [6.07, 6.45) is 10.6. The van der Waals surface area contributed by atoms with E-state index >= 15 is 0 Å². The molecule has 1 aliphatic carbocycles. The highest BCUT2D eigenvalue weighted by Crippen LogP contribution is 2.28. The molecular formula is C20H36N2O2. The summed E-state index contributed by atoms with van der Waals surface area (Å²) in [6, 6.07) is 0. The maximum absolute atomic E-state index is 12.5. The van der Waals surface area contributed by atoms with Crippen molar-refractivity contribution >= 4 is 11.8 Å². The van der Waals surface area contributed by atoms with Crippen LogP contribution in [0.4, 0.5) is 0 Å². The first kappa shape index (κ1) is 19.3. The summed E-state index contributed by atoms with van der Waals surface area (Å²) in [5.41, 5.74) is -0.343. The van der Waals surface area contributed by atoms with E-state index in [0.717, 1.165) is 38.3 Å². The second-order valence-corrected chi connectivity index (χ2v) is 8.85. The van der Waals surface area contributed by atoms with E-state index in [2.05, 4.69) is 5.32 Å². The summed E-state index contributed by atoms with van der Waals surface area (Å²) in [5.74, 6) is 1.61. The highest BCUT2D eigenvalue weighted by molar-refractivity contribution is 5.81. The van der Waals surface area contributed by atoms with Crippen molar-refractivity contribution in [3.63, 3.8) is 0 Å². The molecule has 2 rings (SSSR count). The minimum atomic E-state index is -0.343. The molecule has 1 N–H and O–H groups in total. The number of hydrogen-bond donors (Lipinski definition) is 1. The van der Waals surface area contributed by atoms with Crippen LogP contribution in [0.2, 0.25) is 0 Å². The molecule has 2 aliphatic rings. The van der Waals surface area contributed by atoms with Crippen molar-refractivity contribution in [2.75, 3.05) is 19.6 Å². The Morgan fingerprint density at radius 1 is 1.00 bits per heavy atom. The Hall–Kier alpha value is -1.06. The molecule has 4 heteroatoms. The van der Waals surface area contributed by atoms with Crippen molar-refractivity contribution in [2.24, 2.45) is 17.3 Å². The fourth-order valence-corrected chi connectivity index (χ4v) is 3.92. The Labute approximate surface area is 147 Å². The molecule has 0 spiro atoms. The number of likely N-dealkylation sites (tertiary alicyclic amines) is 1. The molecule has 0 bridgehead atoms. The Bertz CT molecular complexity index is 422. The van der Waals surface area contributed by atoms with E-state index in [-0.39, 0.29) is 11.3 Å². The number of nitrogens with one attached hydrogen (secondary N) is 1. The zero-order valence-electron chi connectivity index (χ0n) is 15.9. The minimum Gasteiger partial charge on any atom is -0.355 e. The average molecular weight is 337 g/mol. The van der Waals surface area contributed by atoms with Crippen LogP contribution >= 0.6 is 0 Å². The smallest absolute Gasteiger partial charge is 0.225 e. The molecule has 1 heterocycles. The third kappa shape index (κ3) is 6.10. The molecule has 1 atom stereocenters. The first-order valence-corrected chi connectivity index (χ1v) is 9.92. The SMILES string of the molecule is CC(C)(C)C(=O)NC[C@H]1CCCN(C(=O)CCC2CCCCC2)C1. The van der Waals surface area contributed by atoms with Crippen molar-refractivity contribution in [3.05, 3.63) is 0 Å². The van der Waals surface area contributed by atoms with Crippen LogP contribution in [-0.2, 0) is 9.59 Å². The lowest BCUT2D eigenvalue weighted by Gasteiger charge is -2.34. The van der Waals surface area contributed by atoms with Gasteiger partial charge in [-0.1, -0.05) is 52.9 Å². The molecule has 1 saturated heterocycles. The van der Waals surface area contributed by atoms with Crippen molar-refractivity contribution < 1.29 is 9.59 Å². The highest BCUT2D eigenvalue weighted by atomic mass is 16.2. The lowest BCUT2D eigenvalue weighted by molar-refractivity contribution is -0.133. The van der Waals surface area contributed by atoms with E-state index < -0.39 is 0 Å². The number of nitrogens with zero attached hydrogens (tertiary/aromatic N) is 1. The van der Waals surface area contributed by atoms with Crippen molar-refractivity contribution in [3.8, 4) is 0 Å². The molecule has 0 aromatic carbocycles. The van der Waals surface area contributed by atoms with Crippen LogP contribution in [0.15, 0.2) is 0 Å². The first-order chi connectivity index (χ1) is 11.4. The van der Waals surface area contributed by atoms with Gasteiger partial charge in [0.05, 0.1) is 0 Å². The van der Waals surface area contributed by atoms with Gasteiger partial charge in [0.2, 0.25) is 11.8 Å². The normalized spacial score (nSPS) is 23.1. The van der Waals surface area contributed by atoms with E-state index in [9.17, 15) is 9.59 Å². The van der Waals surface area contributed by atoms with Gasteiger partial charge in [-0.25, -0.2) is 0 Å². The van der Waals surface area contributed by atoms with Crippen LogP contribution in [0.1, 0.15) is 78.6 Å². The number of carbonyl (C=O) groups is 2. The van der Waals surface area contributed by atoms with E-state index in [1.807, 2.05) is 25.7 Å². The molecule has 24 heavy (non-hydrogen) atoms. The fourth-order valence-electron chi connectivity index (χ4n) is 3.92. The highest BCUT2D eigenvalue weighted by Gasteiger charge is 2.26. The van der Waals surface area contributed by atoms with Gasteiger partial charge in [0, 0.05) is 31.5 Å². The molecular weight excluding hydrogens is 300 g/mol. The van der Waals surface area contributed by atoms with Gasteiger partial charge < -0.3 is 10.2 Å². The average Bonchev–Trinajstić information content (AvgIpc) is 2.58. The largest absolute Gasteiger partial charge is 0.355 e. The monoisotopic (exact) mass is 336 g/mol. The van der Waals surface area contributed by atoms with E-state index in [1.165, 1.54) is 32.1 Å². The van der Waals surface area contributed by atoms with Gasteiger partial charge in [0.25, 0.3) is 0 Å². The summed E-state index contributed by atoms with van der Waals surface area (Å²) < 4.78 is 0. The third-order valence-electron chi connectivity index (χ3n) is 5.60. The third-order valence-corrected chi connectivity index (χ3v) is 5.60.